The van der Waals surface area contributed by atoms with Crippen LogP contribution in [0.15, 0.2) is 153 Å². The fourth-order valence-electron chi connectivity index (χ4n) is 15.6. The van der Waals surface area contributed by atoms with Crippen molar-refractivity contribution in [1.29, 1.82) is 0 Å². The van der Waals surface area contributed by atoms with Crippen LogP contribution in [0.3, 0.4) is 0 Å². The molecule has 9 aromatic heterocycles. The standard InChI is InChI=1S/3C28H26ClN7O5/c1-40-7-6-35-14-20(33-34-35)27(38)31-17-8-15-9-19(32-26(15)30-12-17)28(39)36-13-16(11-29)24-21(36)10-22(37)18-4-3-5-23(41-2)25(18)24;1-40-7-6-35-14-20(33-34-35)27(38)32-24-9-15-8-18(31-19(15)12-30-24)28(39)36-13-16(11-29)25-21(36)10-22(37)17-4-3-5-23(41-2)26(17)25;1-40-9-8-35-15-19(32-33-35)27(38)30-17-6-7-24-31-20(14-34(24)13-17)28(39)36-12-16(11-29)25-21(36)10-22(37)18-4-3-5-23(41-2)26(18)25/h3-5,8-10,12,14,16,37H,6-7,11,13H2,1-2H3,(H,30,32)(H,31,38);3-5,8-10,12,14,16,31,37H,6-7,11,13H2,1-2H3,(H,30,32,38);3-7,10,13-16,37H,8-9,11-12H2,1-2H3,(H,30,38)/t3*16-/m111/s1. The first-order valence-electron chi connectivity index (χ1n) is 38.4. The summed E-state index contributed by atoms with van der Waals surface area (Å²) in [6.45, 7) is 3.76. The molecule has 0 fully saturated rings. The number of anilines is 6. The molecule has 8 N–H and O–H groups in total. The summed E-state index contributed by atoms with van der Waals surface area (Å²) < 4.78 is 38.0. The van der Waals surface area contributed by atoms with Crippen LogP contribution in [0, 0.1) is 0 Å². The van der Waals surface area contributed by atoms with Gasteiger partial charge in [0.2, 0.25) is 0 Å². The molecular weight excluding hydrogens is 1650 g/mol. The van der Waals surface area contributed by atoms with E-state index in [4.69, 9.17) is 63.2 Å². The minimum atomic E-state index is -0.462. The molecule has 0 saturated heterocycles. The number of fused-ring (bicyclic) bond motifs is 12. The number of carbonyl (C=O) groups excluding carboxylic acids is 6. The van der Waals surface area contributed by atoms with Gasteiger partial charge in [0.15, 0.2) is 17.1 Å². The predicted molar refractivity (Wildman–Crippen MR) is 459 cm³/mol. The molecule has 39 heteroatoms. The molecule has 0 aliphatic carbocycles. The number of H-pyrrole nitrogens is 2. The second kappa shape index (κ2) is 35.3. The highest BCUT2D eigenvalue weighted by Gasteiger charge is 2.40. The number of amides is 6. The summed E-state index contributed by atoms with van der Waals surface area (Å²) in [7, 11) is 9.45. The summed E-state index contributed by atoms with van der Waals surface area (Å²) in [4.78, 5) is 104. The van der Waals surface area contributed by atoms with E-state index in [1.54, 1.807) is 147 Å². The van der Waals surface area contributed by atoms with Crippen LogP contribution >= 0.6 is 34.8 Å². The minimum Gasteiger partial charge on any atom is -0.507 e. The van der Waals surface area contributed by atoms with E-state index in [1.807, 2.05) is 48.5 Å². The van der Waals surface area contributed by atoms with Crippen LogP contribution in [0.2, 0.25) is 0 Å². The summed E-state index contributed by atoms with van der Waals surface area (Å²) in [6, 6.07) is 31.3. The maximum absolute atomic E-state index is 13.8. The summed E-state index contributed by atoms with van der Waals surface area (Å²) in [5, 5.41) is 69.6. The molecule has 0 bridgehead atoms. The number of nitrogens with zero attached hydrogens (tertiary/aromatic N) is 16. The lowest BCUT2D eigenvalue weighted by Crippen LogP contribution is -2.30. The van der Waals surface area contributed by atoms with Gasteiger partial charge >= 0.3 is 0 Å². The number of benzene rings is 6. The Morgan fingerprint density at radius 2 is 0.886 bits per heavy atom. The molecule has 123 heavy (non-hydrogen) atoms. The minimum absolute atomic E-state index is 0.0415. The van der Waals surface area contributed by atoms with Crippen LogP contribution in [0.4, 0.5) is 34.3 Å². The molecule has 36 nitrogen and oxygen atoms in total. The number of alkyl halides is 3. The third-order valence-corrected chi connectivity index (χ3v) is 22.5. The van der Waals surface area contributed by atoms with Gasteiger partial charge in [-0.1, -0.05) is 52.0 Å². The molecule has 0 radical (unpaired) electrons. The SMILES string of the molecule is COCCn1cc(C(=O)Nc2cc3cc(C(=O)N4C[C@@H](CCl)c5c4cc(O)c4cccc(OC)c54)[nH]c3cn2)nn1.COCCn1cc(C(=O)Nc2ccc3nc(C(=O)N4C[C@@H](CCl)c5c4cc(O)c4cccc(OC)c54)cn3c2)nn1.COCCn1cc(C(=O)Nc2cnc3[nH]c(C(=O)N4C[C@@H](CCl)c5c4cc(O)c4cccc(OC)c54)cc3c2)nn1. The average molecular weight is 1730 g/mol. The van der Waals surface area contributed by atoms with Crippen molar-refractivity contribution < 1.29 is 72.5 Å². The first kappa shape index (κ1) is 82.6. The number of aromatic hydroxyl groups is 3. The molecule has 0 saturated carbocycles. The number of aromatic amines is 2. The maximum Gasteiger partial charge on any atom is 0.278 e. The van der Waals surface area contributed by atoms with Crippen molar-refractivity contribution in [2.75, 3.05) is 130 Å². The van der Waals surface area contributed by atoms with Crippen molar-refractivity contribution in [1.82, 2.24) is 74.3 Å². The summed E-state index contributed by atoms with van der Waals surface area (Å²) in [5.74, 6) is 0.335. The number of hydrogen-bond donors (Lipinski definition) is 8. The van der Waals surface area contributed by atoms with Gasteiger partial charge in [-0.05, 0) is 71.3 Å². The fraction of sp³-hybridized carbons (Fsp3) is 0.250. The lowest BCUT2D eigenvalue weighted by atomic mass is 9.94. The highest BCUT2D eigenvalue weighted by molar-refractivity contribution is 6.22. The number of imidazole rings is 1. The number of carbonyl (C=O) groups is 6. The van der Waals surface area contributed by atoms with Crippen molar-refractivity contribution in [3.05, 3.63) is 203 Å². The van der Waals surface area contributed by atoms with Gasteiger partial charge in [-0.2, -0.15) is 0 Å². The number of methoxy groups -OCH3 is 6. The van der Waals surface area contributed by atoms with E-state index in [2.05, 4.69) is 71.8 Å². The molecule has 6 aromatic carbocycles. The Hall–Kier alpha value is -14.0. The zero-order chi connectivity index (χ0) is 86.0. The molecule has 0 unspecified atom stereocenters. The highest BCUT2D eigenvalue weighted by Crippen LogP contribution is 2.52. The highest BCUT2D eigenvalue weighted by atomic mass is 35.5. The van der Waals surface area contributed by atoms with Gasteiger partial charge in [0.1, 0.15) is 68.7 Å². The Morgan fingerprint density at radius 3 is 1.33 bits per heavy atom. The normalized spacial score (nSPS) is 14.5. The van der Waals surface area contributed by atoms with Crippen molar-refractivity contribution in [2.24, 2.45) is 0 Å². The molecule has 0 spiro atoms. The lowest BCUT2D eigenvalue weighted by Gasteiger charge is -2.18. The second-order valence-electron chi connectivity index (χ2n) is 28.9. The fourth-order valence-corrected chi connectivity index (χ4v) is 16.3. The van der Waals surface area contributed by atoms with Crippen molar-refractivity contribution >= 4 is 164 Å². The van der Waals surface area contributed by atoms with Crippen LogP contribution in [0.1, 0.15) is 97.4 Å². The Balaban J connectivity index is 0.000000137. The van der Waals surface area contributed by atoms with E-state index in [-0.39, 0.29) is 93.1 Å². The first-order valence-corrected chi connectivity index (χ1v) is 40.0. The number of phenolic OH excluding ortho intramolecular Hbond substituents is 3. The number of aromatic nitrogens is 15. The van der Waals surface area contributed by atoms with Gasteiger partial charge in [-0.25, -0.2) is 29.0 Å². The maximum atomic E-state index is 13.8. The lowest BCUT2D eigenvalue weighted by molar-refractivity contribution is 0.0976. The monoisotopic (exact) mass is 1730 g/mol. The number of pyridine rings is 3. The van der Waals surface area contributed by atoms with Gasteiger partial charge in [-0.3, -0.25) is 28.8 Å². The number of rotatable bonds is 24. The third-order valence-electron chi connectivity index (χ3n) is 21.4. The van der Waals surface area contributed by atoms with Crippen LogP contribution in [0.5, 0.6) is 34.5 Å². The van der Waals surface area contributed by atoms with E-state index in [0.717, 1.165) is 32.8 Å². The molecule has 12 heterocycles. The van der Waals surface area contributed by atoms with Crippen molar-refractivity contribution in [3.63, 3.8) is 0 Å². The number of nitrogens with one attached hydrogen (secondary N) is 5. The van der Waals surface area contributed by atoms with Gasteiger partial charge < -0.3 is 88.8 Å². The molecule has 3 aliphatic rings. The van der Waals surface area contributed by atoms with Crippen LogP contribution in [-0.2, 0) is 33.8 Å². The smallest absolute Gasteiger partial charge is 0.278 e. The summed E-state index contributed by atoms with van der Waals surface area (Å²) in [6.07, 6.45) is 10.9. The van der Waals surface area contributed by atoms with Gasteiger partial charge in [0.25, 0.3) is 35.4 Å². The van der Waals surface area contributed by atoms with E-state index >= 15 is 0 Å². The van der Waals surface area contributed by atoms with E-state index in [1.165, 1.54) is 32.6 Å². The molecule has 6 amide bonds. The van der Waals surface area contributed by atoms with Gasteiger partial charge in [0, 0.05) is 150 Å². The van der Waals surface area contributed by atoms with Gasteiger partial charge in [0.05, 0.1) is 126 Å². The summed E-state index contributed by atoms with van der Waals surface area (Å²) >= 11 is 19.1. The van der Waals surface area contributed by atoms with Crippen LogP contribution < -0.4 is 44.9 Å². The van der Waals surface area contributed by atoms with Crippen LogP contribution in [-0.4, -0.2) is 225 Å². The first-order chi connectivity index (χ1) is 59.7. The Kier molecular flexibility index (Phi) is 23.7. The molecule has 3 aliphatic heterocycles. The van der Waals surface area contributed by atoms with Crippen molar-refractivity contribution in [2.45, 2.75) is 37.4 Å². The zero-order valence-corrected chi connectivity index (χ0v) is 68.9. The number of hydrogen-bond acceptors (Lipinski definition) is 24. The Bertz CT molecular complexity index is 6020. The topological polar surface area (TPSA) is 431 Å². The number of halogens is 3. The average Bonchev–Trinajstić information content (AvgIpc) is 1.61. The zero-order valence-electron chi connectivity index (χ0n) is 66.7. The largest absolute Gasteiger partial charge is 0.507 e. The summed E-state index contributed by atoms with van der Waals surface area (Å²) in [5.41, 5.74) is 8.13. The van der Waals surface area contributed by atoms with E-state index < -0.39 is 17.7 Å². The Labute approximate surface area is 713 Å². The molecular formula is C84H78Cl3N21O15. The quantitative estimate of drug-likeness (QED) is 0.0260. The second-order valence-corrected chi connectivity index (χ2v) is 29.8. The molecule has 15 aromatic rings. The molecule has 630 valence electrons. The predicted octanol–water partition coefficient (Wildman–Crippen LogP) is 11.5. The van der Waals surface area contributed by atoms with Gasteiger partial charge in [-0.15, -0.1) is 50.1 Å². The number of ether oxygens (including phenoxy) is 6. The molecule has 18 rings (SSSR count). The van der Waals surface area contributed by atoms with E-state index in [0.29, 0.717) is 166 Å². The van der Waals surface area contributed by atoms with Crippen LogP contribution in [0.25, 0.3) is 59.9 Å². The number of phenols is 3. The Morgan fingerprint density at radius 1 is 0.455 bits per heavy atom. The molecule has 3 atom stereocenters. The third kappa shape index (κ3) is 16.1. The van der Waals surface area contributed by atoms with E-state index in [9.17, 15) is 44.1 Å². The van der Waals surface area contributed by atoms with Crippen molar-refractivity contribution in [3.8, 4) is 34.5 Å².